The number of fused-ring (bicyclic) bond motifs is 1. The lowest BCUT2D eigenvalue weighted by Gasteiger charge is -2.25. The molecule has 0 spiro atoms. The average molecular weight is 344 g/mol. The Morgan fingerprint density at radius 3 is 2.72 bits per heavy atom. The second kappa shape index (κ2) is 5.69. The van der Waals surface area contributed by atoms with E-state index in [-0.39, 0.29) is 0 Å². The van der Waals surface area contributed by atoms with Gasteiger partial charge in [-0.2, -0.15) is 18.0 Å². The van der Waals surface area contributed by atoms with Gasteiger partial charge in [0.2, 0.25) is 0 Å². The molecule has 0 amide bonds. The highest BCUT2D eigenvalue weighted by atomic mass is 19.4. The predicted molar refractivity (Wildman–Crippen MR) is 85.6 cm³/mol. The lowest BCUT2D eigenvalue weighted by Crippen LogP contribution is -2.34. The fourth-order valence-corrected chi connectivity index (χ4v) is 2.56. The van der Waals surface area contributed by atoms with Crippen molar-refractivity contribution in [2.24, 2.45) is 4.99 Å². The van der Waals surface area contributed by atoms with E-state index in [4.69, 9.17) is 0 Å². The zero-order valence-electron chi connectivity index (χ0n) is 12.7. The van der Waals surface area contributed by atoms with Gasteiger partial charge in [-0.25, -0.2) is 9.99 Å². The van der Waals surface area contributed by atoms with Gasteiger partial charge in [-0.05, 0) is 29.5 Å². The monoisotopic (exact) mass is 344 g/mol. The van der Waals surface area contributed by atoms with Crippen LogP contribution in [0.4, 0.5) is 24.7 Å². The van der Waals surface area contributed by atoms with Crippen molar-refractivity contribution >= 4 is 17.7 Å². The van der Waals surface area contributed by atoms with Gasteiger partial charge in [0.05, 0.1) is 30.2 Å². The maximum Gasteiger partial charge on any atom is 0.416 e. The number of hydrogen-bond acceptors (Lipinski definition) is 5. The van der Waals surface area contributed by atoms with Gasteiger partial charge in [0.15, 0.2) is 5.82 Å². The summed E-state index contributed by atoms with van der Waals surface area (Å²) in [5, 5.41) is 9.42. The van der Waals surface area contributed by atoms with Crippen LogP contribution in [-0.2, 0) is 6.18 Å². The molecule has 1 aliphatic heterocycles. The Kier molecular flexibility index (Phi) is 3.48. The largest absolute Gasteiger partial charge is 0.416 e. The summed E-state index contributed by atoms with van der Waals surface area (Å²) in [6, 6.07) is 8.45. The summed E-state index contributed by atoms with van der Waals surface area (Å²) in [5.41, 5.74) is 0.700. The maximum atomic E-state index is 12.9. The van der Waals surface area contributed by atoms with Crippen LogP contribution in [0.2, 0.25) is 0 Å². The molecule has 6 nitrogen and oxygen atoms in total. The highest BCUT2D eigenvalue weighted by Gasteiger charge is 2.30. The molecule has 0 N–H and O–H groups in total. The zero-order valence-corrected chi connectivity index (χ0v) is 12.7. The molecule has 0 aliphatic carbocycles. The van der Waals surface area contributed by atoms with E-state index in [1.807, 2.05) is 0 Å². The first-order valence-electron chi connectivity index (χ1n) is 7.38. The highest BCUT2D eigenvalue weighted by molar-refractivity contribution is 5.80. The minimum atomic E-state index is -4.40. The molecule has 0 fully saturated rings. The quantitative estimate of drug-likeness (QED) is 0.715. The molecule has 3 aromatic rings. The SMILES string of the molecule is FC(F)(F)c1cccc(-c2ccc3c(n2)N(n2ccnn2)CC=N3)c1. The number of hydrogen-bond donors (Lipinski definition) is 0. The standard InChI is InChI=1S/C16H11F3N6/c17-16(18,19)12-3-1-2-11(10-12)13-4-5-14-15(22-13)24(8-6-20-14)25-9-7-21-23-25/h1-7,9-10H,8H2. The summed E-state index contributed by atoms with van der Waals surface area (Å²) >= 11 is 0. The zero-order chi connectivity index (χ0) is 17.4. The summed E-state index contributed by atoms with van der Waals surface area (Å²) in [4.78, 5) is 10.3. The maximum absolute atomic E-state index is 12.9. The van der Waals surface area contributed by atoms with Gasteiger partial charge in [0.1, 0.15) is 5.69 Å². The molecule has 9 heteroatoms. The average Bonchev–Trinajstić information content (AvgIpc) is 3.14. The first kappa shape index (κ1) is 15.3. The van der Waals surface area contributed by atoms with Crippen LogP contribution in [0.5, 0.6) is 0 Å². The van der Waals surface area contributed by atoms with Crippen molar-refractivity contribution in [3.8, 4) is 11.3 Å². The summed E-state index contributed by atoms with van der Waals surface area (Å²) in [6.07, 6.45) is 0.487. The second-order valence-electron chi connectivity index (χ2n) is 5.34. The van der Waals surface area contributed by atoms with E-state index in [1.54, 1.807) is 35.6 Å². The third-order valence-electron chi connectivity index (χ3n) is 3.73. The van der Waals surface area contributed by atoms with Gasteiger partial charge in [0.25, 0.3) is 0 Å². The van der Waals surface area contributed by atoms with Crippen molar-refractivity contribution in [2.45, 2.75) is 6.18 Å². The summed E-state index contributed by atoms with van der Waals surface area (Å²) in [7, 11) is 0. The Morgan fingerprint density at radius 2 is 1.96 bits per heavy atom. The number of anilines is 1. The summed E-state index contributed by atoms with van der Waals surface area (Å²) in [5.74, 6) is 0.503. The molecule has 0 atom stereocenters. The van der Waals surface area contributed by atoms with Gasteiger partial charge in [-0.15, -0.1) is 5.10 Å². The van der Waals surface area contributed by atoms with Crippen LogP contribution in [0, 0.1) is 0 Å². The van der Waals surface area contributed by atoms with Crippen LogP contribution in [0.25, 0.3) is 11.3 Å². The van der Waals surface area contributed by atoms with E-state index in [2.05, 4.69) is 20.3 Å². The molecule has 0 bridgehead atoms. The molecule has 1 aromatic carbocycles. The fourth-order valence-electron chi connectivity index (χ4n) is 2.56. The molecule has 2 aromatic heterocycles. The van der Waals surface area contributed by atoms with Gasteiger partial charge in [-0.1, -0.05) is 12.1 Å². The number of rotatable bonds is 2. The van der Waals surface area contributed by atoms with Crippen molar-refractivity contribution in [3.63, 3.8) is 0 Å². The normalized spacial score (nSPS) is 13.8. The number of halogens is 3. The molecule has 126 valence electrons. The van der Waals surface area contributed by atoms with E-state index in [9.17, 15) is 13.2 Å². The molecule has 3 heterocycles. The van der Waals surface area contributed by atoms with Crippen LogP contribution in [-0.4, -0.2) is 32.8 Å². The minimum absolute atomic E-state index is 0.380. The van der Waals surface area contributed by atoms with Crippen molar-refractivity contribution < 1.29 is 13.2 Å². The molecule has 0 saturated carbocycles. The molecule has 25 heavy (non-hydrogen) atoms. The third-order valence-corrected chi connectivity index (χ3v) is 3.73. The summed E-state index contributed by atoms with van der Waals surface area (Å²) < 4.78 is 38.8. The summed E-state index contributed by atoms with van der Waals surface area (Å²) in [6.45, 7) is 0.426. The first-order chi connectivity index (χ1) is 12.0. The van der Waals surface area contributed by atoms with E-state index in [0.717, 1.165) is 12.1 Å². The number of nitrogens with zero attached hydrogens (tertiary/aromatic N) is 6. The molecule has 0 saturated heterocycles. The topological polar surface area (TPSA) is 59.2 Å². The van der Waals surface area contributed by atoms with Crippen molar-refractivity contribution in [1.29, 1.82) is 0 Å². The van der Waals surface area contributed by atoms with E-state index >= 15 is 0 Å². The lowest BCUT2D eigenvalue weighted by atomic mass is 10.1. The fraction of sp³-hybridized carbons (Fsp3) is 0.125. The Bertz CT molecular complexity index is 933. The highest BCUT2D eigenvalue weighted by Crippen LogP contribution is 2.35. The molecule has 0 radical (unpaired) electrons. The van der Waals surface area contributed by atoms with E-state index in [1.165, 1.54) is 17.1 Å². The Hall–Kier alpha value is -3.23. The number of alkyl halides is 3. The number of aliphatic imine (C=N–C) groups is 1. The van der Waals surface area contributed by atoms with Crippen LogP contribution >= 0.6 is 0 Å². The molecular weight excluding hydrogens is 333 g/mol. The number of pyridine rings is 1. The van der Waals surface area contributed by atoms with Crippen molar-refractivity contribution in [1.82, 2.24) is 20.1 Å². The molecule has 1 aliphatic rings. The van der Waals surface area contributed by atoms with Gasteiger partial charge in [-0.3, -0.25) is 4.99 Å². The van der Waals surface area contributed by atoms with E-state index in [0.29, 0.717) is 29.3 Å². The van der Waals surface area contributed by atoms with Crippen LogP contribution in [0.3, 0.4) is 0 Å². The number of benzene rings is 1. The van der Waals surface area contributed by atoms with Crippen LogP contribution in [0.15, 0.2) is 53.8 Å². The van der Waals surface area contributed by atoms with Gasteiger partial charge in [0, 0.05) is 11.8 Å². The smallest absolute Gasteiger partial charge is 0.255 e. The van der Waals surface area contributed by atoms with Crippen molar-refractivity contribution in [3.05, 3.63) is 54.4 Å². The predicted octanol–water partition coefficient (Wildman–Crippen LogP) is 3.34. The minimum Gasteiger partial charge on any atom is -0.255 e. The second-order valence-corrected chi connectivity index (χ2v) is 5.34. The Morgan fingerprint density at radius 1 is 1.08 bits per heavy atom. The first-order valence-corrected chi connectivity index (χ1v) is 7.38. The van der Waals surface area contributed by atoms with Crippen LogP contribution in [0.1, 0.15) is 5.56 Å². The molecule has 4 rings (SSSR count). The van der Waals surface area contributed by atoms with Crippen LogP contribution < -0.4 is 5.01 Å². The molecule has 0 unspecified atom stereocenters. The van der Waals surface area contributed by atoms with Gasteiger partial charge < -0.3 is 0 Å². The Balaban J connectivity index is 1.79. The van der Waals surface area contributed by atoms with Gasteiger partial charge >= 0.3 is 6.18 Å². The van der Waals surface area contributed by atoms with Crippen molar-refractivity contribution in [2.75, 3.05) is 11.6 Å². The lowest BCUT2D eigenvalue weighted by molar-refractivity contribution is -0.137. The molecular formula is C16H11F3N6. The number of aromatic nitrogens is 4. The third kappa shape index (κ3) is 2.84. The van der Waals surface area contributed by atoms with E-state index < -0.39 is 11.7 Å². The Labute approximate surface area is 140 Å².